The molecule has 5 rings (SSSR count). The van der Waals surface area contributed by atoms with E-state index in [1.165, 1.54) is 19.2 Å². The second kappa shape index (κ2) is 8.45. The molecule has 0 unspecified atom stereocenters. The monoisotopic (exact) mass is 471 g/mol. The molecular formula is C22H20F3N7O2. The third-order valence-corrected chi connectivity index (χ3v) is 5.99. The fraction of sp³-hybridized carbons (Fsp3) is 0.273. The van der Waals surface area contributed by atoms with Gasteiger partial charge in [-0.1, -0.05) is 6.07 Å². The van der Waals surface area contributed by atoms with E-state index in [2.05, 4.69) is 20.3 Å². The van der Waals surface area contributed by atoms with Gasteiger partial charge < -0.3 is 15.2 Å². The number of anilines is 1. The molecule has 0 aliphatic carbocycles. The zero-order valence-electron chi connectivity index (χ0n) is 18.1. The second-order valence-corrected chi connectivity index (χ2v) is 8.00. The lowest BCUT2D eigenvalue weighted by Crippen LogP contribution is -2.46. The first-order valence-electron chi connectivity index (χ1n) is 10.6. The minimum absolute atomic E-state index is 0.00238. The van der Waals surface area contributed by atoms with E-state index < -0.39 is 29.3 Å². The minimum atomic E-state index is -0.824. The van der Waals surface area contributed by atoms with E-state index in [9.17, 15) is 18.4 Å². The van der Waals surface area contributed by atoms with Crippen LogP contribution < -0.4 is 15.9 Å². The molecule has 176 valence electrons. The average Bonchev–Trinajstić information content (AvgIpc) is 3.24. The summed E-state index contributed by atoms with van der Waals surface area (Å²) in [6.45, 7) is 2.32. The van der Waals surface area contributed by atoms with Crippen molar-refractivity contribution >= 4 is 28.1 Å². The molecular weight excluding hydrogens is 451 g/mol. The average molecular weight is 471 g/mol. The summed E-state index contributed by atoms with van der Waals surface area (Å²) < 4.78 is 44.2. The first-order chi connectivity index (χ1) is 16.4. The fourth-order valence-electron chi connectivity index (χ4n) is 4.22. The van der Waals surface area contributed by atoms with Gasteiger partial charge in [-0.15, -0.1) is 0 Å². The van der Waals surface area contributed by atoms with Gasteiger partial charge in [0.1, 0.15) is 5.69 Å². The van der Waals surface area contributed by atoms with Gasteiger partial charge in [-0.2, -0.15) is 13.8 Å². The van der Waals surface area contributed by atoms with E-state index in [0.717, 1.165) is 10.6 Å². The molecule has 0 atom stereocenters. The van der Waals surface area contributed by atoms with E-state index >= 15 is 4.39 Å². The number of fused-ring (bicyclic) bond motifs is 3. The smallest absolute Gasteiger partial charge is 0.331 e. The molecule has 1 amide bonds. The van der Waals surface area contributed by atoms with E-state index in [1.54, 1.807) is 12.1 Å². The van der Waals surface area contributed by atoms with Crippen molar-refractivity contribution in [3.05, 3.63) is 69.9 Å². The molecule has 4 aromatic rings. The summed E-state index contributed by atoms with van der Waals surface area (Å²) in [4.78, 5) is 37.5. The standard InChI is InChI=1S/C22H20F3N7O2/c1-26-21(33)14-4-5-15(19(25)27-14)31-8-6-30(7-9-31)10-12-2-3-13-18(17(12)24)29-22(34)32-11-16(23)28-20(13)32/h2-5,11H,6-10H2,1H3,(H,26,33)(H,29,34). The predicted octanol–water partition coefficient (Wildman–Crippen LogP) is 1.67. The molecule has 3 aromatic heterocycles. The highest BCUT2D eigenvalue weighted by Gasteiger charge is 2.23. The van der Waals surface area contributed by atoms with Crippen molar-refractivity contribution in [1.82, 2.24) is 29.6 Å². The maximum Gasteiger partial charge on any atom is 0.331 e. The molecule has 9 nitrogen and oxygen atoms in total. The highest BCUT2D eigenvalue weighted by Crippen LogP contribution is 2.24. The number of nitrogens with one attached hydrogen (secondary N) is 2. The van der Waals surface area contributed by atoms with Crippen molar-refractivity contribution in [1.29, 1.82) is 0 Å². The third-order valence-electron chi connectivity index (χ3n) is 5.99. The van der Waals surface area contributed by atoms with Crippen LogP contribution in [0.4, 0.5) is 18.9 Å². The van der Waals surface area contributed by atoms with Gasteiger partial charge in [0, 0.05) is 50.7 Å². The molecule has 0 bridgehead atoms. The van der Waals surface area contributed by atoms with Gasteiger partial charge in [0.15, 0.2) is 11.5 Å². The van der Waals surface area contributed by atoms with E-state index in [-0.39, 0.29) is 23.4 Å². The Balaban J connectivity index is 1.32. The molecule has 1 fully saturated rings. The van der Waals surface area contributed by atoms with Crippen LogP contribution in [0.2, 0.25) is 0 Å². The lowest BCUT2D eigenvalue weighted by atomic mass is 10.1. The van der Waals surface area contributed by atoms with Crippen LogP contribution in [0.15, 0.2) is 35.3 Å². The summed E-state index contributed by atoms with van der Waals surface area (Å²) in [5.41, 5.74) is 0.0228. The van der Waals surface area contributed by atoms with Crippen LogP contribution in [0.25, 0.3) is 16.6 Å². The lowest BCUT2D eigenvalue weighted by Gasteiger charge is -2.36. The van der Waals surface area contributed by atoms with Crippen LogP contribution >= 0.6 is 0 Å². The Bertz CT molecular complexity index is 1480. The molecule has 0 spiro atoms. The molecule has 34 heavy (non-hydrogen) atoms. The van der Waals surface area contributed by atoms with Gasteiger partial charge in [0.25, 0.3) is 5.91 Å². The van der Waals surface area contributed by atoms with Gasteiger partial charge in [-0.25, -0.2) is 18.6 Å². The number of aromatic amines is 1. The number of carbonyl (C=O) groups excluding carboxylic acids is 1. The molecule has 4 heterocycles. The van der Waals surface area contributed by atoms with Crippen molar-refractivity contribution in [2.24, 2.45) is 0 Å². The first-order valence-corrected chi connectivity index (χ1v) is 10.6. The van der Waals surface area contributed by atoms with Crippen LogP contribution in [0.1, 0.15) is 16.1 Å². The van der Waals surface area contributed by atoms with Crippen LogP contribution in [0.5, 0.6) is 0 Å². The number of amides is 1. The zero-order chi connectivity index (χ0) is 24.0. The Labute approximate surface area is 190 Å². The third kappa shape index (κ3) is 3.75. The van der Waals surface area contributed by atoms with Gasteiger partial charge in [-0.05, 0) is 18.2 Å². The molecule has 0 radical (unpaired) electrons. The summed E-state index contributed by atoms with van der Waals surface area (Å²) in [5.74, 6) is -2.60. The number of rotatable bonds is 4. The van der Waals surface area contributed by atoms with Gasteiger partial charge in [0.05, 0.1) is 17.4 Å². The fourth-order valence-corrected chi connectivity index (χ4v) is 4.22. The Kier molecular flexibility index (Phi) is 5.44. The maximum atomic E-state index is 15.2. The molecule has 12 heteroatoms. The summed E-state index contributed by atoms with van der Waals surface area (Å²) in [7, 11) is 1.45. The summed E-state index contributed by atoms with van der Waals surface area (Å²) in [6, 6.07) is 6.20. The van der Waals surface area contributed by atoms with Crippen molar-refractivity contribution in [2.75, 3.05) is 38.1 Å². The first kappa shape index (κ1) is 21.9. The number of nitrogens with zero attached hydrogens (tertiary/aromatic N) is 5. The number of halogens is 3. The number of benzene rings is 1. The summed E-state index contributed by atoms with van der Waals surface area (Å²) in [6.07, 6.45) is 0.948. The molecule has 1 aromatic carbocycles. The molecule has 1 aliphatic rings. The van der Waals surface area contributed by atoms with Crippen molar-refractivity contribution < 1.29 is 18.0 Å². The Morgan fingerprint density at radius 1 is 1.09 bits per heavy atom. The zero-order valence-corrected chi connectivity index (χ0v) is 18.1. The SMILES string of the molecule is CNC(=O)c1ccc(N2CCN(Cc3ccc4c([nH]c(=O)n5cc(F)nc45)c3F)CC2)c(F)n1. The number of carbonyl (C=O) groups is 1. The normalized spacial score (nSPS) is 14.8. The number of imidazole rings is 1. The molecule has 0 saturated carbocycles. The highest BCUT2D eigenvalue weighted by molar-refractivity contribution is 5.92. The van der Waals surface area contributed by atoms with E-state index in [4.69, 9.17) is 0 Å². The minimum Gasteiger partial charge on any atom is -0.365 e. The molecule has 1 aliphatic heterocycles. The Morgan fingerprint density at radius 2 is 1.85 bits per heavy atom. The Hall–Kier alpha value is -3.93. The van der Waals surface area contributed by atoms with Crippen molar-refractivity contribution in [3.63, 3.8) is 0 Å². The van der Waals surface area contributed by atoms with Gasteiger partial charge in [-0.3, -0.25) is 9.69 Å². The summed E-state index contributed by atoms with van der Waals surface area (Å²) in [5, 5.41) is 2.71. The number of hydrogen-bond donors (Lipinski definition) is 2. The number of piperazine rings is 1. The van der Waals surface area contributed by atoms with Crippen LogP contribution in [0.3, 0.4) is 0 Å². The van der Waals surface area contributed by atoms with Gasteiger partial charge >= 0.3 is 5.69 Å². The van der Waals surface area contributed by atoms with Crippen molar-refractivity contribution in [3.8, 4) is 0 Å². The predicted molar refractivity (Wildman–Crippen MR) is 118 cm³/mol. The maximum absolute atomic E-state index is 15.2. The van der Waals surface area contributed by atoms with Crippen LogP contribution in [-0.2, 0) is 6.54 Å². The summed E-state index contributed by atoms with van der Waals surface area (Å²) >= 11 is 0. The number of H-pyrrole nitrogens is 1. The number of pyridine rings is 1. The van der Waals surface area contributed by atoms with Gasteiger partial charge in [0.2, 0.25) is 11.9 Å². The largest absolute Gasteiger partial charge is 0.365 e. The van der Waals surface area contributed by atoms with E-state index in [1.807, 2.05) is 9.80 Å². The second-order valence-electron chi connectivity index (χ2n) is 8.00. The number of aromatic nitrogens is 4. The van der Waals surface area contributed by atoms with Crippen LogP contribution in [0, 0.1) is 17.7 Å². The Morgan fingerprint density at radius 3 is 2.56 bits per heavy atom. The highest BCUT2D eigenvalue weighted by atomic mass is 19.1. The number of hydrogen-bond acceptors (Lipinski definition) is 6. The topological polar surface area (TPSA) is 98.6 Å². The quantitative estimate of drug-likeness (QED) is 0.440. The lowest BCUT2D eigenvalue weighted by molar-refractivity contribution is 0.0957. The van der Waals surface area contributed by atoms with Crippen LogP contribution in [-0.4, -0.2) is 63.4 Å². The van der Waals surface area contributed by atoms with E-state index in [0.29, 0.717) is 42.8 Å². The molecule has 1 saturated heterocycles. The van der Waals surface area contributed by atoms with Crippen molar-refractivity contribution in [2.45, 2.75) is 6.54 Å². The molecule has 2 N–H and O–H groups in total.